The molecule has 1 aliphatic heterocycles. The third kappa shape index (κ3) is 3.56. The van der Waals surface area contributed by atoms with Gasteiger partial charge in [0.2, 0.25) is 5.13 Å². The fourth-order valence-corrected chi connectivity index (χ4v) is 5.44. The maximum atomic E-state index is 10.5. The normalized spacial score (nSPS) is 19.0. The Morgan fingerprint density at radius 1 is 1.11 bits per heavy atom. The summed E-state index contributed by atoms with van der Waals surface area (Å²) < 4.78 is 0. The molecule has 7 heteroatoms. The van der Waals surface area contributed by atoms with Crippen LogP contribution in [0, 0.1) is 0 Å². The zero-order chi connectivity index (χ0) is 20.1. The quantitative estimate of drug-likeness (QED) is 0.690. The number of nitrogens with zero attached hydrogens (tertiary/aromatic N) is 4. The molecular formula is C21H27N5OS. The predicted molar refractivity (Wildman–Crippen MR) is 115 cm³/mol. The van der Waals surface area contributed by atoms with Gasteiger partial charge in [-0.1, -0.05) is 17.4 Å². The van der Waals surface area contributed by atoms with E-state index >= 15 is 0 Å². The average Bonchev–Trinajstić information content (AvgIpc) is 3.07. The third-order valence-corrected chi connectivity index (χ3v) is 6.43. The van der Waals surface area contributed by atoms with Gasteiger partial charge in [0, 0.05) is 35.8 Å². The van der Waals surface area contributed by atoms with Crippen molar-refractivity contribution in [3.05, 3.63) is 30.5 Å². The standard InChI is InChI=1S/C21H27N5OS/c1-20(2)11-14(12-21(3,4)25-20)26(5)19-24-23-18(28-19)16-15(27)9-8-13-7-6-10-22-17(13)16/h6-10,14,25,27H,11-12H2,1-5H3. The highest BCUT2D eigenvalue weighted by atomic mass is 32.1. The highest BCUT2D eigenvalue weighted by Gasteiger charge is 2.39. The van der Waals surface area contributed by atoms with E-state index in [1.54, 1.807) is 12.3 Å². The molecule has 0 spiro atoms. The molecule has 0 unspecified atom stereocenters. The Hall–Kier alpha value is -2.25. The number of rotatable bonds is 3. The van der Waals surface area contributed by atoms with Crippen LogP contribution in [0.2, 0.25) is 0 Å². The Balaban J connectivity index is 1.68. The summed E-state index contributed by atoms with van der Waals surface area (Å²) in [7, 11) is 2.09. The topological polar surface area (TPSA) is 74.2 Å². The van der Waals surface area contributed by atoms with Crippen LogP contribution in [0.4, 0.5) is 5.13 Å². The van der Waals surface area contributed by atoms with Crippen LogP contribution in [0.5, 0.6) is 5.75 Å². The van der Waals surface area contributed by atoms with Gasteiger partial charge in [-0.2, -0.15) is 0 Å². The lowest BCUT2D eigenvalue weighted by Gasteiger charge is -2.48. The molecule has 6 nitrogen and oxygen atoms in total. The van der Waals surface area contributed by atoms with Crippen LogP contribution in [0.3, 0.4) is 0 Å². The molecule has 0 saturated carbocycles. The highest BCUT2D eigenvalue weighted by molar-refractivity contribution is 7.18. The summed E-state index contributed by atoms with van der Waals surface area (Å²) in [5.41, 5.74) is 1.52. The van der Waals surface area contributed by atoms with E-state index in [0.29, 0.717) is 16.6 Å². The van der Waals surface area contributed by atoms with Crippen molar-refractivity contribution < 1.29 is 5.11 Å². The minimum Gasteiger partial charge on any atom is -0.507 e. The molecule has 3 aromatic rings. The molecule has 1 saturated heterocycles. The number of pyridine rings is 1. The Morgan fingerprint density at radius 3 is 2.54 bits per heavy atom. The molecular weight excluding hydrogens is 370 g/mol. The lowest BCUT2D eigenvalue weighted by molar-refractivity contribution is 0.161. The van der Waals surface area contributed by atoms with Gasteiger partial charge in [0.15, 0.2) is 5.01 Å². The van der Waals surface area contributed by atoms with Crippen molar-refractivity contribution in [1.29, 1.82) is 0 Å². The summed E-state index contributed by atoms with van der Waals surface area (Å²) in [5, 5.41) is 25.6. The van der Waals surface area contributed by atoms with Crippen LogP contribution in [-0.2, 0) is 0 Å². The maximum Gasteiger partial charge on any atom is 0.208 e. The molecule has 1 aromatic carbocycles. The number of fused-ring (bicyclic) bond motifs is 1. The predicted octanol–water partition coefficient (Wildman–Crippen LogP) is 4.20. The summed E-state index contributed by atoms with van der Waals surface area (Å²) >= 11 is 1.50. The largest absolute Gasteiger partial charge is 0.507 e. The Kier molecular flexibility index (Phi) is 4.55. The number of anilines is 1. The Morgan fingerprint density at radius 2 is 1.82 bits per heavy atom. The minimum atomic E-state index is 0.0615. The molecule has 148 valence electrons. The molecule has 0 radical (unpaired) electrons. The number of nitrogens with one attached hydrogen (secondary N) is 1. The summed E-state index contributed by atoms with van der Waals surface area (Å²) in [4.78, 5) is 6.69. The first kappa shape index (κ1) is 19.1. The van der Waals surface area contributed by atoms with Gasteiger partial charge in [0.25, 0.3) is 0 Å². The summed E-state index contributed by atoms with van der Waals surface area (Å²) in [6.07, 6.45) is 3.80. The molecule has 0 atom stereocenters. The van der Waals surface area contributed by atoms with E-state index in [1.807, 2.05) is 18.2 Å². The summed E-state index contributed by atoms with van der Waals surface area (Å²) in [5.74, 6) is 0.181. The second kappa shape index (κ2) is 6.67. The zero-order valence-electron chi connectivity index (χ0n) is 17.0. The van der Waals surface area contributed by atoms with E-state index in [1.165, 1.54) is 11.3 Å². The highest BCUT2D eigenvalue weighted by Crippen LogP contribution is 2.40. The average molecular weight is 398 g/mol. The minimum absolute atomic E-state index is 0.0615. The van der Waals surface area contributed by atoms with Crippen LogP contribution < -0.4 is 10.2 Å². The smallest absolute Gasteiger partial charge is 0.208 e. The zero-order valence-corrected chi connectivity index (χ0v) is 17.8. The molecule has 2 aromatic heterocycles. The number of aromatic hydroxyl groups is 1. The van der Waals surface area contributed by atoms with Gasteiger partial charge in [-0.15, -0.1) is 10.2 Å². The van der Waals surface area contributed by atoms with Gasteiger partial charge < -0.3 is 15.3 Å². The van der Waals surface area contributed by atoms with Crippen molar-refractivity contribution in [2.24, 2.45) is 0 Å². The molecule has 1 aliphatic rings. The Labute approximate surface area is 169 Å². The van der Waals surface area contributed by atoms with E-state index in [0.717, 1.165) is 28.9 Å². The molecule has 1 fully saturated rings. The van der Waals surface area contributed by atoms with Crippen molar-refractivity contribution in [1.82, 2.24) is 20.5 Å². The number of phenolic OH excluding ortho intramolecular Hbond substituents is 1. The Bertz CT molecular complexity index is 997. The second-order valence-electron chi connectivity index (χ2n) is 8.99. The lowest BCUT2D eigenvalue weighted by Crippen LogP contribution is -2.61. The van der Waals surface area contributed by atoms with Crippen molar-refractivity contribution in [2.45, 2.75) is 57.7 Å². The van der Waals surface area contributed by atoms with Gasteiger partial charge in [-0.3, -0.25) is 4.98 Å². The van der Waals surface area contributed by atoms with Gasteiger partial charge in [0.1, 0.15) is 5.75 Å². The number of aromatic nitrogens is 3. The molecule has 3 heterocycles. The van der Waals surface area contributed by atoms with Crippen LogP contribution in [0.1, 0.15) is 40.5 Å². The number of hydrogen-bond acceptors (Lipinski definition) is 7. The van der Waals surface area contributed by atoms with Gasteiger partial charge in [-0.25, -0.2) is 0 Å². The third-order valence-electron chi connectivity index (χ3n) is 5.40. The fourth-order valence-electron chi connectivity index (χ4n) is 4.50. The monoisotopic (exact) mass is 397 g/mol. The van der Waals surface area contributed by atoms with Gasteiger partial charge in [0.05, 0.1) is 11.1 Å². The number of benzene rings is 1. The second-order valence-corrected chi connectivity index (χ2v) is 9.95. The van der Waals surface area contributed by atoms with Crippen molar-refractivity contribution in [3.63, 3.8) is 0 Å². The van der Waals surface area contributed by atoms with Crippen molar-refractivity contribution >= 4 is 27.4 Å². The first-order valence-electron chi connectivity index (χ1n) is 9.58. The van der Waals surface area contributed by atoms with Crippen LogP contribution >= 0.6 is 11.3 Å². The van der Waals surface area contributed by atoms with Gasteiger partial charge >= 0.3 is 0 Å². The SMILES string of the molecule is CN(c1nnc(-c2c(O)ccc3cccnc23)s1)C1CC(C)(C)NC(C)(C)C1. The van der Waals surface area contributed by atoms with E-state index in [9.17, 15) is 5.11 Å². The number of hydrogen-bond donors (Lipinski definition) is 2. The molecule has 28 heavy (non-hydrogen) atoms. The maximum absolute atomic E-state index is 10.5. The van der Waals surface area contributed by atoms with Crippen LogP contribution in [0.25, 0.3) is 21.5 Å². The molecule has 2 N–H and O–H groups in total. The first-order chi connectivity index (χ1) is 13.2. The molecule has 4 rings (SSSR count). The van der Waals surface area contributed by atoms with Gasteiger partial charge in [-0.05, 0) is 58.7 Å². The van der Waals surface area contributed by atoms with Crippen molar-refractivity contribution in [3.8, 4) is 16.3 Å². The van der Waals surface area contributed by atoms with Crippen LogP contribution in [0.15, 0.2) is 30.5 Å². The summed E-state index contributed by atoms with van der Waals surface area (Å²) in [6.45, 7) is 9.00. The molecule has 0 bridgehead atoms. The molecule has 0 aliphatic carbocycles. The van der Waals surface area contributed by atoms with Crippen LogP contribution in [-0.4, -0.2) is 44.5 Å². The van der Waals surface area contributed by atoms with E-state index in [-0.39, 0.29) is 16.8 Å². The number of phenols is 1. The molecule has 0 amide bonds. The lowest BCUT2D eigenvalue weighted by atomic mass is 9.79. The fraction of sp³-hybridized carbons (Fsp3) is 0.476. The van der Waals surface area contributed by atoms with E-state index in [2.05, 4.69) is 60.1 Å². The van der Waals surface area contributed by atoms with E-state index in [4.69, 9.17) is 0 Å². The van der Waals surface area contributed by atoms with E-state index < -0.39 is 0 Å². The first-order valence-corrected chi connectivity index (χ1v) is 10.4. The number of piperidine rings is 1. The van der Waals surface area contributed by atoms with Crippen molar-refractivity contribution in [2.75, 3.05) is 11.9 Å². The summed E-state index contributed by atoms with van der Waals surface area (Å²) in [6, 6.07) is 7.81.